The van der Waals surface area contributed by atoms with Crippen molar-refractivity contribution in [1.82, 2.24) is 4.98 Å². The SMILES string of the molecule is CC1=C(C)N(c2c(-c3ccccc3)cccc2-c2ccccc2)CN1c1cccc(Oc2cc3c(-c4cc(C(C)(C)C)ccn4)c4sccc4cc3s2)c1. The van der Waals surface area contributed by atoms with Crippen LogP contribution in [0.4, 0.5) is 11.4 Å². The summed E-state index contributed by atoms with van der Waals surface area (Å²) in [6.07, 6.45) is 1.95. The zero-order valence-corrected chi connectivity index (χ0v) is 32.8. The topological polar surface area (TPSA) is 28.6 Å². The van der Waals surface area contributed by atoms with Crippen molar-refractivity contribution < 1.29 is 4.74 Å². The normalized spacial score (nSPS) is 13.4. The van der Waals surface area contributed by atoms with Crippen molar-refractivity contribution in [3.63, 3.8) is 0 Å². The van der Waals surface area contributed by atoms with Crippen LogP contribution in [0.15, 0.2) is 156 Å². The molecule has 0 spiro atoms. The minimum atomic E-state index is 0.0298. The Balaban J connectivity index is 1.06. The Bertz CT molecular complexity index is 2630. The molecule has 0 bridgehead atoms. The monoisotopic (exact) mass is 739 g/mol. The second kappa shape index (κ2) is 13.6. The number of rotatable bonds is 7. The number of hydrogen-bond donors (Lipinski definition) is 0. The Morgan fingerprint density at radius 2 is 1.37 bits per heavy atom. The van der Waals surface area contributed by atoms with Crippen molar-refractivity contribution in [3.8, 4) is 44.3 Å². The number of anilines is 2. The fraction of sp³-hybridized carbons (Fsp3) is 0.146. The number of allylic oxidation sites excluding steroid dienone is 2. The quantitative estimate of drug-likeness (QED) is 0.163. The fourth-order valence-electron chi connectivity index (χ4n) is 7.55. The van der Waals surface area contributed by atoms with Gasteiger partial charge in [0.2, 0.25) is 0 Å². The maximum Gasteiger partial charge on any atom is 0.182 e. The predicted octanol–water partition coefficient (Wildman–Crippen LogP) is 14.1. The number of aromatic nitrogens is 1. The highest BCUT2D eigenvalue weighted by Gasteiger charge is 2.30. The third-order valence-corrected chi connectivity index (χ3v) is 12.4. The van der Waals surface area contributed by atoms with Crippen LogP contribution in [0.25, 0.3) is 53.7 Å². The van der Waals surface area contributed by atoms with Crippen LogP contribution >= 0.6 is 22.7 Å². The van der Waals surface area contributed by atoms with E-state index in [1.807, 2.05) is 6.20 Å². The molecule has 0 amide bonds. The van der Waals surface area contributed by atoms with Crippen LogP contribution in [0.1, 0.15) is 40.2 Å². The zero-order valence-electron chi connectivity index (χ0n) is 31.1. The molecular weight excluding hydrogens is 699 g/mol. The average molecular weight is 740 g/mol. The molecule has 8 aromatic rings. The number of thiophene rings is 2. The lowest BCUT2D eigenvalue weighted by Gasteiger charge is -2.28. The number of fused-ring (bicyclic) bond motifs is 2. The van der Waals surface area contributed by atoms with Crippen LogP contribution in [0.3, 0.4) is 0 Å². The van der Waals surface area contributed by atoms with E-state index in [0.29, 0.717) is 6.67 Å². The molecular formula is C48H41N3OS2. The summed E-state index contributed by atoms with van der Waals surface area (Å²) in [7, 11) is 0. The molecule has 3 aromatic heterocycles. The molecule has 1 aliphatic heterocycles. The Morgan fingerprint density at radius 1 is 0.685 bits per heavy atom. The number of nitrogens with zero attached hydrogens (tertiary/aromatic N) is 3. The van der Waals surface area contributed by atoms with Gasteiger partial charge in [-0.1, -0.05) is 117 Å². The Hall–Kier alpha value is -5.69. The summed E-state index contributed by atoms with van der Waals surface area (Å²) in [6, 6.07) is 47.7. The summed E-state index contributed by atoms with van der Waals surface area (Å²) in [5.74, 6) is 0.814. The molecule has 54 heavy (non-hydrogen) atoms. The summed E-state index contributed by atoms with van der Waals surface area (Å²) >= 11 is 3.46. The maximum atomic E-state index is 6.71. The second-order valence-electron chi connectivity index (χ2n) is 14.9. The summed E-state index contributed by atoms with van der Waals surface area (Å²) in [5, 5.41) is 5.45. The van der Waals surface area contributed by atoms with E-state index in [1.54, 1.807) is 22.7 Å². The van der Waals surface area contributed by atoms with E-state index < -0.39 is 0 Å². The molecule has 0 radical (unpaired) electrons. The third kappa shape index (κ3) is 6.15. The lowest BCUT2D eigenvalue weighted by Crippen LogP contribution is -2.27. The van der Waals surface area contributed by atoms with E-state index >= 15 is 0 Å². The first kappa shape index (κ1) is 34.1. The van der Waals surface area contributed by atoms with Gasteiger partial charge in [-0.2, -0.15) is 0 Å². The molecule has 1 aliphatic rings. The number of benzene rings is 5. The summed E-state index contributed by atoms with van der Waals surface area (Å²) in [5.41, 5.74) is 13.1. The van der Waals surface area contributed by atoms with Gasteiger partial charge in [0.25, 0.3) is 0 Å². The molecule has 266 valence electrons. The second-order valence-corrected chi connectivity index (χ2v) is 16.9. The predicted molar refractivity (Wildman–Crippen MR) is 231 cm³/mol. The molecule has 0 atom stereocenters. The number of para-hydroxylation sites is 1. The van der Waals surface area contributed by atoms with E-state index in [4.69, 9.17) is 9.72 Å². The molecule has 5 aromatic carbocycles. The van der Waals surface area contributed by atoms with Crippen molar-refractivity contribution in [2.75, 3.05) is 16.5 Å². The largest absolute Gasteiger partial charge is 0.447 e. The molecule has 6 heteroatoms. The van der Waals surface area contributed by atoms with E-state index in [2.05, 4.69) is 183 Å². The highest BCUT2D eigenvalue weighted by molar-refractivity contribution is 7.21. The molecule has 4 heterocycles. The highest BCUT2D eigenvalue weighted by atomic mass is 32.1. The number of ether oxygens (including phenoxy) is 1. The molecule has 0 saturated carbocycles. The van der Waals surface area contributed by atoms with Gasteiger partial charge in [-0.05, 0) is 83.1 Å². The first-order valence-electron chi connectivity index (χ1n) is 18.4. The third-order valence-electron chi connectivity index (χ3n) is 10.5. The Kier molecular flexibility index (Phi) is 8.60. The molecule has 0 N–H and O–H groups in total. The minimum Gasteiger partial charge on any atom is -0.447 e. The molecule has 4 nitrogen and oxygen atoms in total. The Morgan fingerprint density at radius 3 is 2.07 bits per heavy atom. The highest BCUT2D eigenvalue weighted by Crippen LogP contribution is 2.47. The zero-order chi connectivity index (χ0) is 37.0. The molecule has 0 unspecified atom stereocenters. The van der Waals surface area contributed by atoms with Gasteiger partial charge >= 0.3 is 0 Å². The first-order chi connectivity index (χ1) is 26.2. The van der Waals surface area contributed by atoms with Crippen molar-refractivity contribution in [2.45, 2.75) is 40.0 Å². The van der Waals surface area contributed by atoms with E-state index in [9.17, 15) is 0 Å². The Labute approximate surface area is 325 Å². The lowest BCUT2D eigenvalue weighted by molar-refractivity contribution is 0.497. The van der Waals surface area contributed by atoms with Gasteiger partial charge in [-0.25, -0.2) is 0 Å². The first-order valence-corrected chi connectivity index (χ1v) is 20.1. The van der Waals surface area contributed by atoms with Crippen LogP contribution in [0, 0.1) is 0 Å². The minimum absolute atomic E-state index is 0.0298. The van der Waals surface area contributed by atoms with Crippen molar-refractivity contribution in [2.24, 2.45) is 0 Å². The standard InChI is InChI=1S/C48H41N3OS2/c1-31-32(2)51(46-39(33-14-8-6-9-15-33)20-13-21-40(46)34-16-10-7-11-17-34)30-50(31)37-18-12-19-38(28-37)52-44-29-41-43(54-44)26-35-23-25-53-47(35)45(41)42-27-36(22-24-49-42)48(3,4)5/h6-29H,30H2,1-5H3. The van der Waals surface area contributed by atoms with Crippen LogP contribution in [0.5, 0.6) is 10.8 Å². The number of hydrogen-bond acceptors (Lipinski definition) is 6. The van der Waals surface area contributed by atoms with E-state index in [0.717, 1.165) is 22.2 Å². The van der Waals surface area contributed by atoms with Crippen LogP contribution < -0.4 is 14.5 Å². The summed E-state index contributed by atoms with van der Waals surface area (Å²) in [4.78, 5) is 9.76. The van der Waals surface area contributed by atoms with Gasteiger partial charge in [0.05, 0.1) is 18.1 Å². The number of pyridine rings is 1. The van der Waals surface area contributed by atoms with Gasteiger partial charge in [0.1, 0.15) is 5.75 Å². The molecule has 0 saturated heterocycles. The van der Waals surface area contributed by atoms with Crippen LogP contribution in [-0.4, -0.2) is 11.7 Å². The molecule has 9 rings (SSSR count). The van der Waals surface area contributed by atoms with Crippen molar-refractivity contribution in [1.29, 1.82) is 0 Å². The fourth-order valence-corrected chi connectivity index (χ4v) is 9.48. The van der Waals surface area contributed by atoms with Gasteiger partial charge in [0.15, 0.2) is 5.06 Å². The lowest BCUT2D eigenvalue weighted by atomic mass is 9.86. The summed E-state index contributed by atoms with van der Waals surface area (Å²) in [6.45, 7) is 11.9. The van der Waals surface area contributed by atoms with Crippen LogP contribution in [0.2, 0.25) is 0 Å². The van der Waals surface area contributed by atoms with E-state index in [-0.39, 0.29) is 5.41 Å². The average Bonchev–Trinajstić information content (AvgIpc) is 3.90. The molecule has 0 aliphatic carbocycles. The van der Waals surface area contributed by atoms with Gasteiger partial charge < -0.3 is 14.5 Å². The van der Waals surface area contributed by atoms with E-state index in [1.165, 1.54) is 70.6 Å². The van der Waals surface area contributed by atoms with Gasteiger partial charge in [-0.3, -0.25) is 4.98 Å². The maximum absolute atomic E-state index is 6.71. The summed E-state index contributed by atoms with van der Waals surface area (Å²) < 4.78 is 9.16. The van der Waals surface area contributed by atoms with Crippen molar-refractivity contribution >= 4 is 54.2 Å². The van der Waals surface area contributed by atoms with Gasteiger partial charge in [-0.15, -0.1) is 11.3 Å². The smallest absolute Gasteiger partial charge is 0.182 e. The van der Waals surface area contributed by atoms with Gasteiger partial charge in [0, 0.05) is 66.9 Å². The van der Waals surface area contributed by atoms with Crippen molar-refractivity contribution in [3.05, 3.63) is 162 Å². The molecule has 0 fully saturated rings. The van der Waals surface area contributed by atoms with Crippen LogP contribution in [-0.2, 0) is 5.41 Å².